The van der Waals surface area contributed by atoms with Crippen molar-refractivity contribution in [3.05, 3.63) is 32.6 Å². The van der Waals surface area contributed by atoms with Gasteiger partial charge >= 0.3 is 5.69 Å². The van der Waals surface area contributed by atoms with E-state index in [1.54, 1.807) is 0 Å². The summed E-state index contributed by atoms with van der Waals surface area (Å²) in [4.78, 5) is 33.6. The maximum atomic E-state index is 10.8. The van der Waals surface area contributed by atoms with Crippen molar-refractivity contribution in [3.8, 4) is 0 Å². The molecular formula is C6H5N2O4-. The van der Waals surface area contributed by atoms with Crippen LogP contribution < -0.4 is 16.4 Å². The zero-order valence-corrected chi connectivity index (χ0v) is 6.16. The molecule has 0 radical (unpaired) electrons. The number of nitrogens with zero attached hydrogens (tertiary/aromatic N) is 1. The number of nitrogens with one attached hydrogen (secondary N) is 1. The second kappa shape index (κ2) is 2.65. The lowest BCUT2D eigenvalue weighted by Crippen LogP contribution is -2.36. The summed E-state index contributed by atoms with van der Waals surface area (Å²) in [5, 5.41) is 10.3. The van der Waals surface area contributed by atoms with Gasteiger partial charge in [-0.05, 0) is 0 Å². The van der Waals surface area contributed by atoms with Gasteiger partial charge in [0.15, 0.2) is 0 Å². The van der Waals surface area contributed by atoms with Gasteiger partial charge in [0.05, 0.1) is 11.7 Å². The van der Waals surface area contributed by atoms with Crippen LogP contribution in [-0.2, 0) is 7.05 Å². The molecule has 6 heteroatoms. The fourth-order valence-corrected chi connectivity index (χ4v) is 0.752. The number of rotatable bonds is 1. The second-order valence-corrected chi connectivity index (χ2v) is 2.17. The maximum Gasteiger partial charge on any atom is 0.328 e. The molecule has 64 valence electrons. The van der Waals surface area contributed by atoms with Crippen LogP contribution >= 0.6 is 0 Å². The maximum absolute atomic E-state index is 10.8. The number of hydrogen-bond donors (Lipinski definition) is 1. The van der Waals surface area contributed by atoms with Crippen molar-refractivity contribution >= 4 is 5.97 Å². The minimum atomic E-state index is -1.55. The largest absolute Gasteiger partial charge is 0.543 e. The molecule has 1 aromatic heterocycles. The van der Waals surface area contributed by atoms with Gasteiger partial charge in [0.25, 0.3) is 5.56 Å². The van der Waals surface area contributed by atoms with Crippen LogP contribution in [0.4, 0.5) is 0 Å². The molecule has 0 aliphatic heterocycles. The first-order valence-corrected chi connectivity index (χ1v) is 3.04. The van der Waals surface area contributed by atoms with Crippen LogP contribution in [0.1, 0.15) is 10.5 Å². The number of carboxylic acid groups (broad SMARTS) is 1. The van der Waals surface area contributed by atoms with E-state index in [2.05, 4.69) is 0 Å². The summed E-state index contributed by atoms with van der Waals surface area (Å²) in [6.45, 7) is 0. The van der Waals surface area contributed by atoms with E-state index in [9.17, 15) is 19.5 Å². The van der Waals surface area contributed by atoms with Crippen molar-refractivity contribution in [1.29, 1.82) is 0 Å². The minimum absolute atomic E-state index is 0.441. The summed E-state index contributed by atoms with van der Waals surface area (Å²) < 4.78 is 0.788. The molecule has 1 rings (SSSR count). The number of H-pyrrole nitrogens is 1. The molecule has 0 atom stereocenters. The topological polar surface area (TPSA) is 95.0 Å². The van der Waals surface area contributed by atoms with Gasteiger partial charge in [-0.3, -0.25) is 14.3 Å². The monoisotopic (exact) mass is 169 g/mol. The van der Waals surface area contributed by atoms with E-state index in [-0.39, 0.29) is 0 Å². The molecule has 0 fully saturated rings. The van der Waals surface area contributed by atoms with E-state index < -0.39 is 22.9 Å². The molecule has 1 aromatic rings. The van der Waals surface area contributed by atoms with E-state index in [4.69, 9.17) is 0 Å². The van der Waals surface area contributed by atoms with E-state index in [1.165, 1.54) is 7.05 Å². The quantitative estimate of drug-likeness (QED) is 0.500. The number of aromatic amines is 1. The van der Waals surface area contributed by atoms with Gasteiger partial charge in [-0.15, -0.1) is 0 Å². The molecule has 1 N–H and O–H groups in total. The first-order valence-electron chi connectivity index (χ1n) is 3.04. The third kappa shape index (κ3) is 1.26. The Morgan fingerprint density at radius 3 is 2.67 bits per heavy atom. The number of carbonyl (C=O) groups excluding carboxylic acids is 1. The normalized spacial score (nSPS) is 9.75. The molecule has 0 unspecified atom stereocenters. The van der Waals surface area contributed by atoms with Crippen LogP contribution in [0.2, 0.25) is 0 Å². The fourth-order valence-electron chi connectivity index (χ4n) is 0.752. The summed E-state index contributed by atoms with van der Waals surface area (Å²) in [5.41, 5.74) is -1.97. The molecule has 0 aliphatic rings. The molecule has 6 nitrogen and oxygen atoms in total. The summed E-state index contributed by atoms with van der Waals surface area (Å²) in [6.07, 6.45) is 0. The Balaban J connectivity index is 3.59. The van der Waals surface area contributed by atoms with Crippen LogP contribution in [0.15, 0.2) is 15.7 Å². The highest BCUT2D eigenvalue weighted by Crippen LogP contribution is 1.84. The van der Waals surface area contributed by atoms with Gasteiger partial charge in [0, 0.05) is 13.1 Å². The Morgan fingerprint density at radius 2 is 2.17 bits per heavy atom. The van der Waals surface area contributed by atoms with Crippen molar-refractivity contribution in [3.63, 3.8) is 0 Å². The zero-order chi connectivity index (χ0) is 9.30. The first kappa shape index (κ1) is 8.25. The average Bonchev–Trinajstić information content (AvgIpc) is 1.96. The molecule has 0 amide bonds. The minimum Gasteiger partial charge on any atom is -0.543 e. The first-order chi connectivity index (χ1) is 5.52. The Morgan fingerprint density at radius 1 is 1.58 bits per heavy atom. The average molecular weight is 169 g/mol. The Bertz CT molecular complexity index is 428. The highest BCUT2D eigenvalue weighted by atomic mass is 16.4. The van der Waals surface area contributed by atoms with Crippen molar-refractivity contribution in [1.82, 2.24) is 9.55 Å². The number of aromatic carboxylic acids is 1. The summed E-state index contributed by atoms with van der Waals surface area (Å²) in [5.74, 6) is -1.55. The van der Waals surface area contributed by atoms with Crippen molar-refractivity contribution in [2.75, 3.05) is 0 Å². The van der Waals surface area contributed by atoms with Crippen LogP contribution in [0.5, 0.6) is 0 Å². The smallest absolute Gasteiger partial charge is 0.328 e. The molecule has 0 saturated carbocycles. The number of carbonyl (C=O) groups is 1. The Hall–Kier alpha value is -1.85. The third-order valence-electron chi connectivity index (χ3n) is 1.37. The molecule has 0 saturated heterocycles. The zero-order valence-electron chi connectivity index (χ0n) is 6.16. The van der Waals surface area contributed by atoms with Gasteiger partial charge in [-0.1, -0.05) is 0 Å². The number of carboxylic acids is 1. The lowest BCUT2D eigenvalue weighted by Gasteiger charge is -2.05. The van der Waals surface area contributed by atoms with Gasteiger partial charge in [0.2, 0.25) is 0 Å². The third-order valence-corrected chi connectivity index (χ3v) is 1.37. The number of hydrogen-bond acceptors (Lipinski definition) is 4. The van der Waals surface area contributed by atoms with Gasteiger partial charge in [-0.25, -0.2) is 4.79 Å². The van der Waals surface area contributed by atoms with E-state index in [1.807, 2.05) is 4.98 Å². The Kier molecular flexibility index (Phi) is 1.82. The highest BCUT2D eigenvalue weighted by Gasteiger charge is 2.01. The van der Waals surface area contributed by atoms with Gasteiger partial charge in [-0.2, -0.15) is 0 Å². The predicted octanol–water partition coefficient (Wildman–Crippen LogP) is -2.56. The van der Waals surface area contributed by atoms with Crippen LogP contribution in [0.3, 0.4) is 0 Å². The number of aromatic nitrogens is 2. The van der Waals surface area contributed by atoms with Crippen LogP contribution in [0.25, 0.3) is 0 Å². The van der Waals surface area contributed by atoms with E-state index in [0.29, 0.717) is 0 Å². The summed E-state index contributed by atoms with van der Waals surface area (Å²) in [6, 6.07) is 0.788. The van der Waals surface area contributed by atoms with E-state index in [0.717, 1.165) is 10.6 Å². The molecule has 12 heavy (non-hydrogen) atoms. The van der Waals surface area contributed by atoms with Crippen molar-refractivity contribution < 1.29 is 9.90 Å². The van der Waals surface area contributed by atoms with Gasteiger partial charge in [0.1, 0.15) is 0 Å². The standard InChI is InChI=1S/C6H6N2O4/c1-8-3(5(10)11)2-4(9)7-6(8)12/h2H,1H3,(H,10,11)(H,7,9,12)/p-1. The lowest BCUT2D eigenvalue weighted by atomic mass is 10.4. The second-order valence-electron chi connectivity index (χ2n) is 2.17. The lowest BCUT2D eigenvalue weighted by molar-refractivity contribution is -0.255. The molecule has 0 aliphatic carbocycles. The molecule has 1 heterocycles. The van der Waals surface area contributed by atoms with Crippen molar-refractivity contribution in [2.24, 2.45) is 7.05 Å². The summed E-state index contributed by atoms with van der Waals surface area (Å²) >= 11 is 0. The van der Waals surface area contributed by atoms with Crippen LogP contribution in [0, 0.1) is 0 Å². The highest BCUT2D eigenvalue weighted by molar-refractivity contribution is 5.83. The molecular weight excluding hydrogens is 164 g/mol. The molecule has 0 bridgehead atoms. The Labute approximate surface area is 66.1 Å². The van der Waals surface area contributed by atoms with Crippen LogP contribution in [-0.4, -0.2) is 15.5 Å². The van der Waals surface area contributed by atoms with E-state index >= 15 is 0 Å². The SMILES string of the molecule is Cn1c(C(=O)[O-])cc(=O)[nH]c1=O. The van der Waals surface area contributed by atoms with Gasteiger partial charge < -0.3 is 9.90 Å². The van der Waals surface area contributed by atoms with Crippen molar-refractivity contribution in [2.45, 2.75) is 0 Å². The molecule has 0 spiro atoms. The predicted molar refractivity (Wildman–Crippen MR) is 36.6 cm³/mol. The summed E-state index contributed by atoms with van der Waals surface area (Å²) in [7, 11) is 1.23. The fraction of sp³-hybridized carbons (Fsp3) is 0.167. The molecule has 0 aromatic carbocycles.